The lowest BCUT2D eigenvalue weighted by Crippen LogP contribution is -2.22. The molecular weight excluding hydrogens is 272 g/mol. The van der Waals surface area contributed by atoms with Gasteiger partial charge in [-0.3, -0.25) is 10.1 Å². The number of nitro groups is 1. The van der Waals surface area contributed by atoms with Crippen LogP contribution in [0.3, 0.4) is 0 Å². The van der Waals surface area contributed by atoms with Gasteiger partial charge in [0, 0.05) is 23.1 Å². The highest BCUT2D eigenvalue weighted by molar-refractivity contribution is 8.01. The topological polar surface area (TPSA) is 66.9 Å². The van der Waals surface area contributed by atoms with Crippen molar-refractivity contribution >= 4 is 29.1 Å². The van der Waals surface area contributed by atoms with Crippen molar-refractivity contribution in [3.05, 3.63) is 38.9 Å². The highest BCUT2D eigenvalue weighted by atomic mass is 35.5. The standard InChI is InChI=1S/C12H11ClN2O2S/c13-10-3-2-9(11(6-10)15(16)17)7-12(8-14)4-1-5-18-12/h2-3,6H,1,4-5,7H2. The summed E-state index contributed by atoms with van der Waals surface area (Å²) in [5.41, 5.74) is 0.588. The first-order valence-corrected chi connectivity index (χ1v) is 6.91. The Kier molecular flexibility index (Phi) is 3.79. The van der Waals surface area contributed by atoms with E-state index in [0.717, 1.165) is 18.6 Å². The largest absolute Gasteiger partial charge is 0.274 e. The van der Waals surface area contributed by atoms with E-state index in [1.165, 1.54) is 6.07 Å². The Labute approximate surface area is 114 Å². The second-order valence-electron chi connectivity index (χ2n) is 4.27. The van der Waals surface area contributed by atoms with Crippen LogP contribution in [0, 0.1) is 21.4 Å². The lowest BCUT2D eigenvalue weighted by Gasteiger charge is -2.19. The van der Waals surface area contributed by atoms with E-state index in [0.29, 0.717) is 17.0 Å². The Hall–Kier alpha value is -1.25. The Bertz CT molecular complexity index is 521. The van der Waals surface area contributed by atoms with Crippen LogP contribution in [0.5, 0.6) is 0 Å². The molecule has 0 bridgehead atoms. The number of hydrogen-bond donors (Lipinski definition) is 0. The number of rotatable bonds is 3. The summed E-state index contributed by atoms with van der Waals surface area (Å²) < 4.78 is -0.515. The lowest BCUT2D eigenvalue weighted by molar-refractivity contribution is -0.385. The Morgan fingerprint density at radius 1 is 1.61 bits per heavy atom. The maximum atomic E-state index is 11.0. The summed E-state index contributed by atoms with van der Waals surface area (Å²) in [7, 11) is 0. The van der Waals surface area contributed by atoms with Crippen LogP contribution in [0.15, 0.2) is 18.2 Å². The summed E-state index contributed by atoms with van der Waals surface area (Å²) in [4.78, 5) is 10.6. The first-order chi connectivity index (χ1) is 8.56. The molecule has 2 rings (SSSR count). The molecule has 1 atom stereocenters. The van der Waals surface area contributed by atoms with Crippen LogP contribution in [0.2, 0.25) is 5.02 Å². The summed E-state index contributed by atoms with van der Waals surface area (Å²) in [5.74, 6) is 0.939. The molecule has 6 heteroatoms. The zero-order valence-corrected chi connectivity index (χ0v) is 11.1. The summed E-state index contributed by atoms with van der Waals surface area (Å²) >= 11 is 7.36. The molecule has 1 aliphatic rings. The van der Waals surface area contributed by atoms with E-state index in [4.69, 9.17) is 11.6 Å². The third-order valence-electron chi connectivity index (χ3n) is 3.03. The van der Waals surface area contributed by atoms with Gasteiger partial charge in [0.25, 0.3) is 5.69 Å². The lowest BCUT2D eigenvalue weighted by atomic mass is 9.95. The summed E-state index contributed by atoms with van der Waals surface area (Å²) in [6, 6.07) is 6.95. The fourth-order valence-electron chi connectivity index (χ4n) is 2.13. The molecular formula is C12H11ClN2O2S. The highest BCUT2D eigenvalue weighted by Gasteiger charge is 2.36. The molecule has 4 nitrogen and oxygen atoms in total. The smallest absolute Gasteiger partial charge is 0.258 e. The van der Waals surface area contributed by atoms with Crippen LogP contribution in [0.1, 0.15) is 18.4 Å². The predicted octanol–water partition coefficient (Wildman–Crippen LogP) is 3.58. The zero-order chi connectivity index (χ0) is 13.2. The fourth-order valence-corrected chi connectivity index (χ4v) is 3.59. The molecule has 0 aliphatic carbocycles. The van der Waals surface area contributed by atoms with E-state index in [1.54, 1.807) is 23.9 Å². The van der Waals surface area contributed by atoms with E-state index in [9.17, 15) is 15.4 Å². The van der Waals surface area contributed by atoms with Crippen molar-refractivity contribution in [2.24, 2.45) is 0 Å². The fraction of sp³-hybridized carbons (Fsp3) is 0.417. The van der Waals surface area contributed by atoms with Gasteiger partial charge in [0.2, 0.25) is 0 Å². The molecule has 0 aromatic heterocycles. The molecule has 1 heterocycles. The number of thioether (sulfide) groups is 1. The molecule has 94 valence electrons. The normalized spacial score (nSPS) is 22.7. The number of benzene rings is 1. The van der Waals surface area contributed by atoms with Crippen LogP contribution in [-0.2, 0) is 6.42 Å². The van der Waals surface area contributed by atoms with Crippen LogP contribution >= 0.6 is 23.4 Å². The SMILES string of the molecule is N#CC1(Cc2ccc(Cl)cc2[N+](=O)[O-])CCCS1. The van der Waals surface area contributed by atoms with E-state index in [-0.39, 0.29) is 5.69 Å². The molecule has 0 saturated carbocycles. The number of nitrogens with zero attached hydrogens (tertiary/aromatic N) is 2. The molecule has 1 saturated heterocycles. The number of nitriles is 1. The molecule has 1 unspecified atom stereocenters. The van der Waals surface area contributed by atoms with E-state index < -0.39 is 9.67 Å². The second kappa shape index (κ2) is 5.17. The summed E-state index contributed by atoms with van der Waals surface area (Å²) in [6.07, 6.45) is 2.18. The first-order valence-electron chi connectivity index (χ1n) is 5.54. The van der Waals surface area contributed by atoms with Gasteiger partial charge in [0.1, 0.15) is 4.75 Å². The molecule has 1 aliphatic heterocycles. The van der Waals surface area contributed by atoms with Crippen LogP contribution < -0.4 is 0 Å². The predicted molar refractivity (Wildman–Crippen MR) is 71.8 cm³/mol. The molecule has 0 N–H and O–H groups in total. The Morgan fingerprint density at radius 2 is 2.39 bits per heavy atom. The first kappa shape index (κ1) is 13.2. The summed E-state index contributed by atoms with van der Waals surface area (Å²) in [6.45, 7) is 0. The number of halogens is 1. The number of nitro benzene ring substituents is 1. The minimum Gasteiger partial charge on any atom is -0.258 e. The second-order valence-corrected chi connectivity index (χ2v) is 6.18. The van der Waals surface area contributed by atoms with Gasteiger partial charge in [-0.2, -0.15) is 5.26 Å². The van der Waals surface area contributed by atoms with Gasteiger partial charge in [-0.15, -0.1) is 11.8 Å². The van der Waals surface area contributed by atoms with E-state index in [1.807, 2.05) is 0 Å². The molecule has 1 aromatic carbocycles. The summed E-state index contributed by atoms with van der Waals surface area (Å²) in [5, 5.41) is 20.6. The number of hydrogen-bond acceptors (Lipinski definition) is 4. The van der Waals surface area contributed by atoms with Gasteiger partial charge in [0.15, 0.2) is 0 Å². The maximum Gasteiger partial charge on any atom is 0.274 e. The molecule has 1 aromatic rings. The van der Waals surface area contributed by atoms with Crippen molar-refractivity contribution in [1.82, 2.24) is 0 Å². The van der Waals surface area contributed by atoms with Crippen molar-refractivity contribution < 1.29 is 4.92 Å². The third kappa shape index (κ3) is 2.60. The van der Waals surface area contributed by atoms with Crippen molar-refractivity contribution in [2.75, 3.05) is 5.75 Å². The Balaban J connectivity index is 2.34. The molecule has 1 fully saturated rings. The van der Waals surface area contributed by atoms with Gasteiger partial charge in [0.05, 0.1) is 11.0 Å². The molecule has 0 amide bonds. The van der Waals surface area contributed by atoms with E-state index >= 15 is 0 Å². The van der Waals surface area contributed by atoms with Gasteiger partial charge >= 0.3 is 0 Å². The van der Waals surface area contributed by atoms with Gasteiger partial charge in [-0.05, 0) is 24.7 Å². The monoisotopic (exact) mass is 282 g/mol. The molecule has 18 heavy (non-hydrogen) atoms. The average molecular weight is 283 g/mol. The van der Waals surface area contributed by atoms with Gasteiger partial charge < -0.3 is 0 Å². The third-order valence-corrected chi connectivity index (χ3v) is 4.75. The minimum absolute atomic E-state index is 0.00428. The van der Waals surface area contributed by atoms with Crippen LogP contribution in [-0.4, -0.2) is 15.4 Å². The average Bonchev–Trinajstić information content (AvgIpc) is 2.80. The zero-order valence-electron chi connectivity index (χ0n) is 9.56. The van der Waals surface area contributed by atoms with Crippen molar-refractivity contribution in [3.8, 4) is 6.07 Å². The van der Waals surface area contributed by atoms with Gasteiger partial charge in [-0.25, -0.2) is 0 Å². The maximum absolute atomic E-state index is 11.0. The molecule has 0 radical (unpaired) electrons. The Morgan fingerprint density at radius 3 is 2.94 bits per heavy atom. The van der Waals surface area contributed by atoms with Crippen LogP contribution in [0.25, 0.3) is 0 Å². The van der Waals surface area contributed by atoms with Crippen molar-refractivity contribution in [2.45, 2.75) is 24.0 Å². The van der Waals surface area contributed by atoms with Crippen molar-refractivity contribution in [3.63, 3.8) is 0 Å². The van der Waals surface area contributed by atoms with Crippen molar-refractivity contribution in [1.29, 1.82) is 5.26 Å². The minimum atomic E-state index is -0.515. The van der Waals surface area contributed by atoms with Gasteiger partial charge in [-0.1, -0.05) is 17.7 Å². The molecule has 0 spiro atoms. The highest BCUT2D eigenvalue weighted by Crippen LogP contribution is 2.41. The van der Waals surface area contributed by atoms with E-state index in [2.05, 4.69) is 6.07 Å². The quantitative estimate of drug-likeness (QED) is 0.628. The van der Waals surface area contributed by atoms with Crippen LogP contribution in [0.4, 0.5) is 5.69 Å².